The highest BCUT2D eigenvalue weighted by molar-refractivity contribution is 5.54. The Morgan fingerprint density at radius 1 is 1.30 bits per heavy atom. The number of anilines is 1. The topological polar surface area (TPSA) is 84.3 Å². The van der Waals surface area contributed by atoms with Crippen LogP contribution in [0.3, 0.4) is 0 Å². The van der Waals surface area contributed by atoms with Gasteiger partial charge in [-0.2, -0.15) is 4.98 Å². The molecule has 1 aliphatic heterocycles. The van der Waals surface area contributed by atoms with Crippen molar-refractivity contribution in [2.24, 2.45) is 5.73 Å². The van der Waals surface area contributed by atoms with E-state index in [1.54, 1.807) is 6.20 Å². The number of piperazine rings is 1. The lowest BCUT2D eigenvalue weighted by Crippen LogP contribution is -2.44. The summed E-state index contributed by atoms with van der Waals surface area (Å²) in [4.78, 5) is 13.0. The van der Waals surface area contributed by atoms with E-state index in [9.17, 15) is 0 Å². The number of pyridine rings is 1. The molecule has 106 valence electrons. The molecule has 0 amide bonds. The Labute approximate surface area is 117 Å². The largest absolute Gasteiger partial charge is 0.336 e. The molecule has 1 aliphatic rings. The summed E-state index contributed by atoms with van der Waals surface area (Å²) in [7, 11) is 2.12. The first-order valence-corrected chi connectivity index (χ1v) is 6.69. The molecule has 0 radical (unpaired) electrons. The van der Waals surface area contributed by atoms with Gasteiger partial charge >= 0.3 is 0 Å². The van der Waals surface area contributed by atoms with Gasteiger partial charge in [-0.1, -0.05) is 0 Å². The fourth-order valence-corrected chi connectivity index (χ4v) is 2.19. The number of aromatic nitrogens is 3. The molecule has 7 heteroatoms. The summed E-state index contributed by atoms with van der Waals surface area (Å²) in [6.45, 7) is 4.25. The standard InChI is InChI=1S/C13H18N6O/c1-18-4-6-19(7-5-18)13-16-12(20-17-13)10-2-3-15-11(8-10)9-14/h2-3,8H,4-7,9,14H2,1H3. The van der Waals surface area contributed by atoms with Gasteiger partial charge in [0, 0.05) is 44.5 Å². The van der Waals surface area contributed by atoms with Crippen molar-refractivity contribution in [2.75, 3.05) is 38.1 Å². The fourth-order valence-electron chi connectivity index (χ4n) is 2.19. The predicted octanol–water partition coefficient (Wildman–Crippen LogP) is 0.342. The molecule has 3 rings (SSSR count). The minimum atomic E-state index is 0.396. The van der Waals surface area contributed by atoms with Crippen LogP contribution in [0.2, 0.25) is 0 Å². The van der Waals surface area contributed by atoms with Crippen LogP contribution < -0.4 is 10.6 Å². The van der Waals surface area contributed by atoms with Crippen LogP contribution in [0.4, 0.5) is 5.95 Å². The first-order chi connectivity index (χ1) is 9.76. The van der Waals surface area contributed by atoms with Gasteiger partial charge in [0.2, 0.25) is 0 Å². The molecule has 0 unspecified atom stereocenters. The summed E-state index contributed by atoms with van der Waals surface area (Å²) in [5.41, 5.74) is 7.25. The Morgan fingerprint density at radius 3 is 2.85 bits per heavy atom. The fraction of sp³-hybridized carbons (Fsp3) is 0.462. The third-order valence-corrected chi connectivity index (χ3v) is 3.47. The maximum absolute atomic E-state index is 5.59. The van der Waals surface area contributed by atoms with E-state index in [1.165, 1.54) is 0 Å². The zero-order valence-corrected chi connectivity index (χ0v) is 11.5. The highest BCUT2D eigenvalue weighted by Gasteiger charge is 2.19. The number of likely N-dealkylation sites (N-methyl/N-ethyl adjacent to an activating group) is 1. The summed E-state index contributed by atoms with van der Waals surface area (Å²) >= 11 is 0. The van der Waals surface area contributed by atoms with E-state index in [2.05, 4.69) is 32.0 Å². The van der Waals surface area contributed by atoms with Crippen molar-refractivity contribution in [2.45, 2.75) is 6.54 Å². The zero-order chi connectivity index (χ0) is 13.9. The van der Waals surface area contributed by atoms with Gasteiger partial charge in [-0.3, -0.25) is 4.98 Å². The molecular formula is C13H18N6O. The smallest absolute Gasteiger partial charge is 0.266 e. The van der Waals surface area contributed by atoms with Gasteiger partial charge in [0.15, 0.2) is 0 Å². The lowest BCUT2D eigenvalue weighted by Gasteiger charge is -2.31. The molecule has 0 saturated carbocycles. The van der Waals surface area contributed by atoms with Crippen molar-refractivity contribution in [1.82, 2.24) is 20.0 Å². The number of nitrogens with zero attached hydrogens (tertiary/aromatic N) is 5. The number of nitrogens with two attached hydrogens (primary N) is 1. The Balaban J connectivity index is 1.79. The number of rotatable bonds is 3. The molecule has 2 aromatic rings. The van der Waals surface area contributed by atoms with Gasteiger partial charge in [-0.25, -0.2) is 0 Å². The maximum atomic E-state index is 5.59. The van der Waals surface area contributed by atoms with Gasteiger partial charge in [0.05, 0.1) is 5.69 Å². The molecule has 0 aromatic carbocycles. The Kier molecular flexibility index (Phi) is 3.62. The third-order valence-electron chi connectivity index (χ3n) is 3.47. The highest BCUT2D eigenvalue weighted by atomic mass is 16.5. The summed E-state index contributed by atoms with van der Waals surface area (Å²) < 4.78 is 5.35. The SMILES string of the molecule is CN1CCN(c2noc(-c3ccnc(CN)c3)n2)CC1. The van der Waals surface area contributed by atoms with Crippen LogP contribution in [-0.2, 0) is 6.54 Å². The van der Waals surface area contributed by atoms with Crippen LogP contribution in [0.25, 0.3) is 11.5 Å². The lowest BCUT2D eigenvalue weighted by atomic mass is 10.2. The van der Waals surface area contributed by atoms with E-state index in [0.29, 0.717) is 18.4 Å². The summed E-state index contributed by atoms with van der Waals surface area (Å²) in [5, 5.41) is 4.07. The maximum Gasteiger partial charge on any atom is 0.266 e. The van der Waals surface area contributed by atoms with Crippen molar-refractivity contribution >= 4 is 5.95 Å². The lowest BCUT2D eigenvalue weighted by molar-refractivity contribution is 0.309. The normalized spacial score (nSPS) is 16.6. The second-order valence-corrected chi connectivity index (χ2v) is 4.93. The molecule has 7 nitrogen and oxygen atoms in total. The number of hydrogen-bond acceptors (Lipinski definition) is 7. The van der Waals surface area contributed by atoms with E-state index < -0.39 is 0 Å². The van der Waals surface area contributed by atoms with Gasteiger partial charge in [0.25, 0.3) is 11.8 Å². The average molecular weight is 274 g/mol. The second-order valence-electron chi connectivity index (χ2n) is 4.93. The van der Waals surface area contributed by atoms with Crippen molar-refractivity contribution < 1.29 is 4.52 Å². The van der Waals surface area contributed by atoms with Crippen LogP contribution in [0.5, 0.6) is 0 Å². The van der Waals surface area contributed by atoms with Crippen molar-refractivity contribution in [3.05, 3.63) is 24.0 Å². The van der Waals surface area contributed by atoms with Crippen LogP contribution in [0.15, 0.2) is 22.9 Å². The van der Waals surface area contributed by atoms with Crippen molar-refractivity contribution in [3.8, 4) is 11.5 Å². The predicted molar refractivity (Wildman–Crippen MR) is 75.1 cm³/mol. The van der Waals surface area contributed by atoms with Crippen LogP contribution in [0, 0.1) is 0 Å². The van der Waals surface area contributed by atoms with E-state index in [-0.39, 0.29) is 0 Å². The molecule has 0 bridgehead atoms. The van der Waals surface area contributed by atoms with E-state index >= 15 is 0 Å². The molecule has 2 N–H and O–H groups in total. The molecule has 2 aromatic heterocycles. The van der Waals surface area contributed by atoms with E-state index in [1.807, 2.05) is 12.1 Å². The van der Waals surface area contributed by atoms with Gasteiger partial charge in [-0.15, -0.1) is 0 Å². The Morgan fingerprint density at radius 2 is 2.10 bits per heavy atom. The highest BCUT2D eigenvalue weighted by Crippen LogP contribution is 2.21. The second kappa shape index (κ2) is 5.56. The number of hydrogen-bond donors (Lipinski definition) is 1. The molecule has 0 spiro atoms. The van der Waals surface area contributed by atoms with Gasteiger partial charge in [0.1, 0.15) is 0 Å². The average Bonchev–Trinajstić information content (AvgIpc) is 2.98. The monoisotopic (exact) mass is 274 g/mol. The molecule has 1 saturated heterocycles. The third kappa shape index (κ3) is 2.63. The molecule has 0 atom stereocenters. The Hall–Kier alpha value is -1.99. The summed E-state index contributed by atoms with van der Waals surface area (Å²) in [6, 6.07) is 3.72. The van der Waals surface area contributed by atoms with E-state index in [4.69, 9.17) is 10.3 Å². The quantitative estimate of drug-likeness (QED) is 0.864. The van der Waals surface area contributed by atoms with Crippen LogP contribution in [-0.4, -0.2) is 53.3 Å². The molecule has 1 fully saturated rings. The summed E-state index contributed by atoms with van der Waals surface area (Å²) in [6.07, 6.45) is 1.71. The van der Waals surface area contributed by atoms with Crippen molar-refractivity contribution in [1.29, 1.82) is 0 Å². The minimum Gasteiger partial charge on any atom is -0.336 e. The minimum absolute atomic E-state index is 0.396. The Bertz CT molecular complexity index is 576. The molecule has 3 heterocycles. The van der Waals surface area contributed by atoms with Gasteiger partial charge in [-0.05, 0) is 24.3 Å². The first-order valence-electron chi connectivity index (χ1n) is 6.69. The summed E-state index contributed by atoms with van der Waals surface area (Å²) in [5.74, 6) is 1.16. The van der Waals surface area contributed by atoms with E-state index in [0.717, 1.165) is 37.4 Å². The molecular weight excluding hydrogens is 256 g/mol. The molecule has 0 aliphatic carbocycles. The van der Waals surface area contributed by atoms with Crippen LogP contribution >= 0.6 is 0 Å². The van der Waals surface area contributed by atoms with Crippen LogP contribution in [0.1, 0.15) is 5.69 Å². The molecule has 20 heavy (non-hydrogen) atoms. The first kappa shape index (κ1) is 13.0. The zero-order valence-electron chi connectivity index (χ0n) is 11.5. The van der Waals surface area contributed by atoms with Gasteiger partial charge < -0.3 is 20.1 Å². The van der Waals surface area contributed by atoms with Crippen molar-refractivity contribution in [3.63, 3.8) is 0 Å².